The summed E-state index contributed by atoms with van der Waals surface area (Å²) in [5, 5.41) is 3.92. The zero-order valence-corrected chi connectivity index (χ0v) is 12.3. The first-order valence-corrected chi connectivity index (χ1v) is 8.33. The molecule has 1 nitrogen and oxygen atoms in total. The molecule has 0 spiro atoms. The Kier molecular flexibility index (Phi) is 6.83. The summed E-state index contributed by atoms with van der Waals surface area (Å²) in [7, 11) is 0. The summed E-state index contributed by atoms with van der Waals surface area (Å²) in [6, 6.07) is 1.50. The molecule has 0 bridgehead atoms. The molecule has 1 N–H and O–H groups in total. The van der Waals surface area contributed by atoms with Crippen molar-refractivity contribution in [3.05, 3.63) is 0 Å². The minimum atomic E-state index is 0.722. The van der Waals surface area contributed by atoms with E-state index in [1.54, 1.807) is 0 Å². The Balaban J connectivity index is 2.47. The highest BCUT2D eigenvalue weighted by atomic mass is 32.2. The van der Waals surface area contributed by atoms with Crippen molar-refractivity contribution in [1.82, 2.24) is 5.32 Å². The van der Waals surface area contributed by atoms with E-state index in [2.05, 4.69) is 32.3 Å². The lowest BCUT2D eigenvalue weighted by molar-refractivity contribution is 0.194. The number of nitrogens with one attached hydrogen (secondary N) is 1. The van der Waals surface area contributed by atoms with Crippen LogP contribution in [0.3, 0.4) is 0 Å². The predicted molar refractivity (Wildman–Crippen MR) is 76.2 cm³/mol. The maximum Gasteiger partial charge on any atom is 0.0158 e. The fraction of sp³-hybridized carbons (Fsp3) is 1.00. The Morgan fingerprint density at radius 2 is 1.94 bits per heavy atom. The van der Waals surface area contributed by atoms with E-state index in [-0.39, 0.29) is 0 Å². The van der Waals surface area contributed by atoms with Crippen LogP contribution in [-0.4, -0.2) is 24.1 Å². The van der Waals surface area contributed by atoms with E-state index >= 15 is 0 Å². The van der Waals surface area contributed by atoms with Crippen molar-refractivity contribution in [2.45, 2.75) is 65.0 Å². The molecule has 1 saturated carbocycles. The van der Waals surface area contributed by atoms with Crippen molar-refractivity contribution in [3.63, 3.8) is 0 Å². The Labute approximate surface area is 106 Å². The summed E-state index contributed by atoms with van der Waals surface area (Å²) < 4.78 is 0. The van der Waals surface area contributed by atoms with Gasteiger partial charge in [0.25, 0.3) is 0 Å². The monoisotopic (exact) mass is 243 g/mol. The zero-order chi connectivity index (χ0) is 12.0. The molecule has 1 aliphatic rings. The Morgan fingerprint density at radius 1 is 1.25 bits per heavy atom. The molecule has 1 aliphatic carbocycles. The summed E-state index contributed by atoms with van der Waals surface area (Å²) >= 11 is 1.97. The van der Waals surface area contributed by atoms with Crippen LogP contribution in [0, 0.1) is 11.8 Å². The van der Waals surface area contributed by atoms with Crippen LogP contribution in [0.25, 0.3) is 0 Å². The van der Waals surface area contributed by atoms with Crippen molar-refractivity contribution in [2.24, 2.45) is 11.8 Å². The lowest BCUT2D eigenvalue weighted by Crippen LogP contribution is -2.46. The van der Waals surface area contributed by atoms with Gasteiger partial charge >= 0.3 is 0 Å². The largest absolute Gasteiger partial charge is 0.310 e. The number of thioether (sulfide) groups is 1. The molecule has 0 amide bonds. The molecule has 2 heteroatoms. The molecule has 0 aromatic rings. The summed E-state index contributed by atoms with van der Waals surface area (Å²) in [6.07, 6.45) is 9.18. The first-order chi connectivity index (χ1) is 7.69. The van der Waals surface area contributed by atoms with Crippen molar-refractivity contribution in [3.8, 4) is 0 Å². The van der Waals surface area contributed by atoms with Crippen LogP contribution in [-0.2, 0) is 0 Å². The molecule has 16 heavy (non-hydrogen) atoms. The van der Waals surface area contributed by atoms with Gasteiger partial charge in [0.1, 0.15) is 0 Å². The Bertz CT molecular complexity index is 182. The summed E-state index contributed by atoms with van der Waals surface area (Å²) in [5.74, 6) is 3.01. The highest BCUT2D eigenvalue weighted by molar-refractivity contribution is 7.98. The summed E-state index contributed by atoms with van der Waals surface area (Å²) in [4.78, 5) is 0. The van der Waals surface area contributed by atoms with E-state index in [1.165, 1.54) is 37.9 Å². The van der Waals surface area contributed by atoms with Gasteiger partial charge in [0.15, 0.2) is 0 Å². The van der Waals surface area contributed by atoms with Crippen LogP contribution in [0.2, 0.25) is 0 Å². The third-order valence-corrected chi connectivity index (χ3v) is 4.72. The second-order valence-electron chi connectivity index (χ2n) is 5.53. The third kappa shape index (κ3) is 4.29. The highest BCUT2D eigenvalue weighted by Crippen LogP contribution is 2.30. The summed E-state index contributed by atoms with van der Waals surface area (Å²) in [6.45, 7) is 7.08. The van der Waals surface area contributed by atoms with Gasteiger partial charge < -0.3 is 5.32 Å². The van der Waals surface area contributed by atoms with Gasteiger partial charge in [-0.15, -0.1) is 0 Å². The van der Waals surface area contributed by atoms with Gasteiger partial charge in [-0.25, -0.2) is 0 Å². The standard InChI is InChI=1S/C14H29NS/c1-5-12(10-16-4)15-14-9-7-6-8-13(14)11(2)3/h11-15H,5-10H2,1-4H3. The third-order valence-electron chi connectivity index (χ3n) is 3.99. The van der Waals surface area contributed by atoms with E-state index in [0.29, 0.717) is 0 Å². The lowest BCUT2D eigenvalue weighted by atomic mass is 9.77. The minimum Gasteiger partial charge on any atom is -0.310 e. The topological polar surface area (TPSA) is 12.0 Å². The van der Waals surface area contributed by atoms with Gasteiger partial charge in [0.2, 0.25) is 0 Å². The fourth-order valence-corrected chi connectivity index (χ4v) is 3.69. The van der Waals surface area contributed by atoms with Crippen LogP contribution in [0.4, 0.5) is 0 Å². The van der Waals surface area contributed by atoms with E-state index in [0.717, 1.165) is 23.9 Å². The molecular weight excluding hydrogens is 214 g/mol. The average molecular weight is 243 g/mol. The van der Waals surface area contributed by atoms with E-state index < -0.39 is 0 Å². The molecule has 1 rings (SSSR count). The lowest BCUT2D eigenvalue weighted by Gasteiger charge is -2.37. The van der Waals surface area contributed by atoms with Gasteiger partial charge in [-0.1, -0.05) is 33.6 Å². The first-order valence-electron chi connectivity index (χ1n) is 6.94. The normalized spacial score (nSPS) is 28.3. The van der Waals surface area contributed by atoms with Gasteiger partial charge in [0, 0.05) is 17.8 Å². The maximum atomic E-state index is 3.92. The molecule has 3 unspecified atom stereocenters. The van der Waals surface area contributed by atoms with Gasteiger partial charge in [-0.2, -0.15) is 11.8 Å². The predicted octanol–water partition coefficient (Wildman–Crippen LogP) is 3.93. The van der Waals surface area contributed by atoms with Crippen molar-refractivity contribution >= 4 is 11.8 Å². The van der Waals surface area contributed by atoms with Crippen LogP contribution < -0.4 is 5.32 Å². The smallest absolute Gasteiger partial charge is 0.0158 e. The van der Waals surface area contributed by atoms with Crippen LogP contribution in [0.1, 0.15) is 52.9 Å². The van der Waals surface area contributed by atoms with Gasteiger partial charge in [-0.3, -0.25) is 0 Å². The molecule has 96 valence electrons. The molecule has 1 fully saturated rings. The highest BCUT2D eigenvalue weighted by Gasteiger charge is 2.28. The number of hydrogen-bond acceptors (Lipinski definition) is 2. The van der Waals surface area contributed by atoms with Gasteiger partial charge in [0.05, 0.1) is 0 Å². The maximum absolute atomic E-state index is 3.92. The number of rotatable bonds is 6. The summed E-state index contributed by atoms with van der Waals surface area (Å²) in [5.41, 5.74) is 0. The molecular formula is C14H29NS. The van der Waals surface area contributed by atoms with E-state index in [9.17, 15) is 0 Å². The quantitative estimate of drug-likeness (QED) is 0.758. The molecule has 0 heterocycles. The Hall–Kier alpha value is 0.310. The number of hydrogen-bond donors (Lipinski definition) is 1. The van der Waals surface area contributed by atoms with E-state index in [1.807, 2.05) is 11.8 Å². The molecule has 0 aromatic heterocycles. The minimum absolute atomic E-state index is 0.722. The molecule has 0 saturated heterocycles. The molecule has 3 atom stereocenters. The average Bonchev–Trinajstić information content (AvgIpc) is 2.29. The van der Waals surface area contributed by atoms with Crippen LogP contribution in [0.15, 0.2) is 0 Å². The second-order valence-corrected chi connectivity index (χ2v) is 6.44. The van der Waals surface area contributed by atoms with Crippen LogP contribution >= 0.6 is 11.8 Å². The zero-order valence-electron chi connectivity index (χ0n) is 11.5. The van der Waals surface area contributed by atoms with Crippen molar-refractivity contribution in [2.75, 3.05) is 12.0 Å². The molecule has 0 aliphatic heterocycles. The first kappa shape index (κ1) is 14.4. The van der Waals surface area contributed by atoms with Crippen molar-refractivity contribution < 1.29 is 0 Å². The van der Waals surface area contributed by atoms with Crippen molar-refractivity contribution in [1.29, 1.82) is 0 Å². The molecule has 0 aromatic carbocycles. The second kappa shape index (κ2) is 7.60. The fourth-order valence-electron chi connectivity index (χ4n) is 2.95. The van der Waals surface area contributed by atoms with E-state index in [4.69, 9.17) is 0 Å². The van der Waals surface area contributed by atoms with Crippen LogP contribution in [0.5, 0.6) is 0 Å². The SMILES string of the molecule is CCC(CSC)NC1CCCCC1C(C)C. The molecule has 0 radical (unpaired) electrons. The Morgan fingerprint density at radius 3 is 2.50 bits per heavy atom. The van der Waals surface area contributed by atoms with Gasteiger partial charge in [-0.05, 0) is 37.4 Å².